The van der Waals surface area contributed by atoms with Crippen molar-refractivity contribution in [3.8, 4) is 71.0 Å². The molecule has 0 spiro atoms. The summed E-state index contributed by atoms with van der Waals surface area (Å²) in [6.45, 7) is 2.49. The zero-order chi connectivity index (χ0) is 28.3. The predicted molar refractivity (Wildman–Crippen MR) is 139 cm³/mol. The Balaban J connectivity index is -0.00000684. The second-order valence-corrected chi connectivity index (χ2v) is 8.81. The van der Waals surface area contributed by atoms with Crippen LogP contribution in [0.4, 0.5) is 0 Å². The monoisotopic (exact) mass is 584 g/mol. The molecule has 0 aliphatic heterocycles. The van der Waals surface area contributed by atoms with Gasteiger partial charge in [-0.1, -0.05) is 64.2 Å². The van der Waals surface area contributed by atoms with Crippen molar-refractivity contribution in [2.45, 2.75) is 84.2 Å². The van der Waals surface area contributed by atoms with E-state index in [9.17, 15) is 23.9 Å². The second kappa shape index (κ2) is 30.4. The number of unbranched alkanes of at least 4 members (excludes halogenated alkanes) is 8. The van der Waals surface area contributed by atoms with Gasteiger partial charge in [0.2, 0.25) is 0 Å². The molecule has 0 fully saturated rings. The van der Waals surface area contributed by atoms with E-state index in [0.717, 1.165) is 19.3 Å². The van der Waals surface area contributed by atoms with Crippen molar-refractivity contribution >= 4 is 19.8 Å². The summed E-state index contributed by atoms with van der Waals surface area (Å²) in [5, 5.41) is 0. The summed E-state index contributed by atoms with van der Waals surface area (Å²) in [6.07, 6.45) is 8.45. The van der Waals surface area contributed by atoms with Gasteiger partial charge in [0.25, 0.3) is 0 Å². The van der Waals surface area contributed by atoms with Crippen LogP contribution in [0.3, 0.4) is 0 Å². The van der Waals surface area contributed by atoms with Crippen LogP contribution in [0.5, 0.6) is 0 Å². The fraction of sp³-hybridized carbons (Fsp3) is 0.517. The van der Waals surface area contributed by atoms with Crippen LogP contribution >= 0.6 is 7.82 Å². The van der Waals surface area contributed by atoms with Gasteiger partial charge in [-0.05, 0) is 72.5 Å². The van der Waals surface area contributed by atoms with Crippen LogP contribution in [-0.4, -0.2) is 31.3 Å². The molecule has 0 amide bonds. The largest absolute Gasteiger partial charge is 1.00 e. The zero-order valence-electron chi connectivity index (χ0n) is 23.8. The van der Waals surface area contributed by atoms with Gasteiger partial charge >= 0.3 is 71.1 Å². The molecule has 0 rings (SSSR count). The first-order valence-electron chi connectivity index (χ1n) is 12.2. The molecule has 0 aromatic rings. The molecule has 0 aromatic heterocycles. The third-order valence-corrected chi connectivity index (χ3v) is 4.92. The molecule has 8 nitrogen and oxygen atoms in total. The molecule has 0 aromatic carbocycles. The van der Waals surface area contributed by atoms with E-state index in [0.29, 0.717) is 6.42 Å². The molecule has 0 N–H and O–H groups in total. The standard InChI is InChI=1S/C29H33O8P.2Na/c1-3-5-7-9-11-13-14-16-17-19-21-23-28(30)35-25-27(26-36-38(32,33)34)37-29(31)24-22-20-18-15-12-10-8-6-4-2;;/h27H,4,6,8,10,12,15,18,20,22,24-26H2,1-2H3,(H2,32,33,34);;/q;2*+1/p-2/t27-;;/m1../s1. The van der Waals surface area contributed by atoms with Crippen molar-refractivity contribution in [2.75, 3.05) is 13.2 Å². The van der Waals surface area contributed by atoms with Gasteiger partial charge in [-0.3, -0.25) is 4.79 Å². The smallest absolute Gasteiger partial charge is 0.790 e. The molecule has 0 radical (unpaired) electrons. The second-order valence-electron chi connectivity index (χ2n) is 7.66. The number of hydrogen-bond donors (Lipinski definition) is 0. The van der Waals surface area contributed by atoms with Crippen molar-refractivity contribution in [1.82, 2.24) is 0 Å². The summed E-state index contributed by atoms with van der Waals surface area (Å²) in [7, 11) is -5.31. The van der Waals surface area contributed by atoms with Gasteiger partial charge in [0.15, 0.2) is 6.10 Å². The molecule has 0 unspecified atom stereocenters. The van der Waals surface area contributed by atoms with E-state index in [4.69, 9.17) is 9.47 Å². The Bertz CT molecular complexity index is 1170. The summed E-state index contributed by atoms with van der Waals surface area (Å²) >= 11 is 0. The molecule has 0 bridgehead atoms. The van der Waals surface area contributed by atoms with Gasteiger partial charge in [-0.2, -0.15) is 0 Å². The quantitative estimate of drug-likeness (QED) is 0.0453. The number of hydrogen-bond acceptors (Lipinski definition) is 8. The Hall–Kier alpha value is -1.59. The average Bonchev–Trinajstić information content (AvgIpc) is 2.87. The Morgan fingerprint density at radius 2 is 1.20 bits per heavy atom. The number of esters is 2. The molecule has 11 heteroatoms. The van der Waals surface area contributed by atoms with Crippen LogP contribution in [0, 0.1) is 71.0 Å². The number of ether oxygens (including phenoxy) is 2. The molecule has 202 valence electrons. The Kier molecular flexibility index (Phi) is 32.6. The van der Waals surface area contributed by atoms with Crippen LogP contribution < -0.4 is 68.9 Å². The number of phosphoric ester groups is 1. The molecule has 0 aliphatic carbocycles. The van der Waals surface area contributed by atoms with Gasteiger partial charge in [0.05, 0.1) is 14.4 Å². The Morgan fingerprint density at radius 1 is 0.725 bits per heavy atom. The van der Waals surface area contributed by atoms with Crippen molar-refractivity contribution in [2.24, 2.45) is 0 Å². The molecule has 0 heterocycles. The summed E-state index contributed by atoms with van der Waals surface area (Å²) in [5.74, 6) is 27.0. The first kappa shape index (κ1) is 42.9. The summed E-state index contributed by atoms with van der Waals surface area (Å²) in [4.78, 5) is 45.4. The topological polar surface area (TPSA) is 125 Å². The maximum atomic E-state index is 12.1. The summed E-state index contributed by atoms with van der Waals surface area (Å²) in [6, 6.07) is 0. The average molecular weight is 585 g/mol. The third-order valence-electron chi connectivity index (χ3n) is 4.45. The molecular formula is C29H31Na2O8P. The normalized spacial score (nSPS) is 9.40. The molecule has 0 saturated carbocycles. The summed E-state index contributed by atoms with van der Waals surface area (Å²) in [5.41, 5.74) is 0. The van der Waals surface area contributed by atoms with Gasteiger partial charge in [-0.25, -0.2) is 4.79 Å². The van der Waals surface area contributed by atoms with E-state index < -0.39 is 39.1 Å². The molecule has 0 aliphatic rings. The first-order valence-corrected chi connectivity index (χ1v) is 13.7. The maximum Gasteiger partial charge on any atom is 1.00 e. The van der Waals surface area contributed by atoms with Crippen LogP contribution in [0.1, 0.15) is 78.1 Å². The Morgan fingerprint density at radius 3 is 1.70 bits per heavy atom. The number of carbonyl (C=O) groups is 2. The SMILES string of the molecule is CC#CC#CC#CC#CC#CC#CC(=O)OC[C@H](COP(=O)([O-])[O-])OC(=O)CCCCCCCCCCC.[Na+].[Na+]. The minimum absolute atomic E-state index is 0. The van der Waals surface area contributed by atoms with Crippen molar-refractivity contribution < 1.29 is 97.1 Å². The van der Waals surface area contributed by atoms with Crippen LogP contribution in [0.25, 0.3) is 0 Å². The minimum atomic E-state index is -5.31. The molecule has 40 heavy (non-hydrogen) atoms. The molecular weight excluding hydrogens is 553 g/mol. The number of rotatable bonds is 16. The van der Waals surface area contributed by atoms with E-state index >= 15 is 0 Å². The van der Waals surface area contributed by atoms with Crippen LogP contribution in [-0.2, 0) is 28.2 Å². The fourth-order valence-corrected chi connectivity index (χ4v) is 3.06. The first-order chi connectivity index (χ1) is 18.3. The summed E-state index contributed by atoms with van der Waals surface area (Å²) < 4.78 is 24.9. The zero-order valence-corrected chi connectivity index (χ0v) is 28.7. The van der Waals surface area contributed by atoms with E-state index in [-0.39, 0.29) is 65.5 Å². The Labute approximate surface area is 283 Å². The number of carbonyl (C=O) groups excluding carboxylic acids is 2. The van der Waals surface area contributed by atoms with Crippen LogP contribution in [0.15, 0.2) is 0 Å². The van der Waals surface area contributed by atoms with E-state index in [1.165, 1.54) is 32.1 Å². The van der Waals surface area contributed by atoms with Crippen molar-refractivity contribution in [3.05, 3.63) is 0 Å². The van der Waals surface area contributed by atoms with E-state index in [2.05, 4.69) is 82.5 Å². The maximum absolute atomic E-state index is 12.1. The van der Waals surface area contributed by atoms with Gasteiger partial charge < -0.3 is 28.3 Å². The van der Waals surface area contributed by atoms with Gasteiger partial charge in [0.1, 0.15) is 6.61 Å². The minimum Gasteiger partial charge on any atom is -0.790 e. The van der Waals surface area contributed by atoms with Gasteiger partial charge in [-0.15, -0.1) is 0 Å². The van der Waals surface area contributed by atoms with Gasteiger partial charge in [0, 0.05) is 12.3 Å². The third kappa shape index (κ3) is 32.6. The van der Waals surface area contributed by atoms with Crippen molar-refractivity contribution in [1.29, 1.82) is 0 Å². The molecule has 1 atom stereocenters. The van der Waals surface area contributed by atoms with E-state index in [1.54, 1.807) is 6.92 Å². The fourth-order valence-electron chi connectivity index (χ4n) is 2.71. The van der Waals surface area contributed by atoms with Crippen LogP contribution in [0.2, 0.25) is 0 Å². The van der Waals surface area contributed by atoms with Crippen molar-refractivity contribution in [3.63, 3.8) is 0 Å². The molecule has 0 saturated heterocycles. The van der Waals surface area contributed by atoms with E-state index in [1.807, 2.05) is 0 Å². The number of phosphoric acid groups is 1. The predicted octanol–water partition coefficient (Wildman–Crippen LogP) is -3.74.